The van der Waals surface area contributed by atoms with E-state index in [2.05, 4.69) is 38.6 Å². The van der Waals surface area contributed by atoms with Gasteiger partial charge in [-0.05, 0) is 34.7 Å². The van der Waals surface area contributed by atoms with Crippen LogP contribution in [0.1, 0.15) is 17.6 Å². The van der Waals surface area contributed by atoms with E-state index in [0.29, 0.717) is 18.2 Å². The summed E-state index contributed by atoms with van der Waals surface area (Å²) in [6.07, 6.45) is -0.195. The number of hydrogen-bond donors (Lipinski definition) is 1. The molecule has 3 rings (SSSR count). The Balaban J connectivity index is 1.91. The fraction of sp³-hybridized carbons (Fsp3) is 0.286. The summed E-state index contributed by atoms with van der Waals surface area (Å²) in [7, 11) is 1.64. The van der Waals surface area contributed by atoms with Crippen LogP contribution in [0.4, 0.5) is 5.82 Å². The van der Waals surface area contributed by atoms with Crippen LogP contribution in [0.3, 0.4) is 0 Å². The molecule has 1 atom stereocenters. The maximum absolute atomic E-state index is 6.00. The highest BCUT2D eigenvalue weighted by molar-refractivity contribution is 14.1. The van der Waals surface area contributed by atoms with Crippen molar-refractivity contribution in [2.45, 2.75) is 17.6 Å². The number of para-hydroxylation sites is 1. The standard InChI is InChI=1S/C14H14IN3O2S/c1-19-6-8-12(15)13(16)18-14(17-8)10-7-21-11-5-3-2-4-9(11)20-10/h2-5,10H,6-7H2,1H3,(H2,16,17,18). The average Bonchev–Trinajstić information content (AvgIpc) is 2.51. The van der Waals surface area contributed by atoms with E-state index in [1.807, 2.05) is 18.2 Å². The SMILES string of the molecule is COCc1nc(C2CSc3ccccc3O2)nc(N)c1I. The predicted octanol–water partition coefficient (Wildman–Crippen LogP) is 3.04. The third kappa shape index (κ3) is 3.09. The van der Waals surface area contributed by atoms with Crippen molar-refractivity contribution in [2.75, 3.05) is 18.6 Å². The minimum absolute atomic E-state index is 0.195. The Morgan fingerprint density at radius 3 is 3.05 bits per heavy atom. The lowest BCUT2D eigenvalue weighted by Crippen LogP contribution is -2.20. The molecule has 1 aromatic carbocycles. The number of halogens is 1. The van der Waals surface area contributed by atoms with Gasteiger partial charge in [0, 0.05) is 17.8 Å². The first-order chi connectivity index (χ1) is 10.2. The number of benzene rings is 1. The zero-order valence-electron chi connectivity index (χ0n) is 11.4. The topological polar surface area (TPSA) is 70.3 Å². The molecule has 0 saturated carbocycles. The molecule has 2 heterocycles. The van der Waals surface area contributed by atoms with E-state index in [4.69, 9.17) is 15.2 Å². The molecule has 0 saturated heterocycles. The van der Waals surface area contributed by atoms with Crippen LogP contribution in [0.5, 0.6) is 5.75 Å². The number of nitrogen functional groups attached to an aromatic ring is 1. The molecule has 5 nitrogen and oxygen atoms in total. The summed E-state index contributed by atoms with van der Waals surface area (Å²) >= 11 is 3.88. The van der Waals surface area contributed by atoms with Gasteiger partial charge in [-0.1, -0.05) is 12.1 Å². The highest BCUT2D eigenvalue weighted by Crippen LogP contribution is 2.39. The number of fused-ring (bicyclic) bond motifs is 1. The third-order valence-electron chi connectivity index (χ3n) is 3.04. The van der Waals surface area contributed by atoms with E-state index >= 15 is 0 Å². The van der Waals surface area contributed by atoms with Gasteiger partial charge >= 0.3 is 0 Å². The molecular formula is C14H14IN3O2S. The Labute approximate surface area is 140 Å². The van der Waals surface area contributed by atoms with Gasteiger partial charge in [0.1, 0.15) is 11.6 Å². The second kappa shape index (κ2) is 6.37. The van der Waals surface area contributed by atoms with Gasteiger partial charge in [-0.3, -0.25) is 0 Å². The van der Waals surface area contributed by atoms with Crippen LogP contribution in [0.15, 0.2) is 29.2 Å². The zero-order valence-corrected chi connectivity index (χ0v) is 14.3. The van der Waals surface area contributed by atoms with Crippen molar-refractivity contribution in [1.82, 2.24) is 9.97 Å². The number of hydrogen-bond acceptors (Lipinski definition) is 6. The van der Waals surface area contributed by atoms with Crippen molar-refractivity contribution in [3.63, 3.8) is 0 Å². The number of nitrogens with two attached hydrogens (primary N) is 1. The number of aromatic nitrogens is 2. The highest BCUT2D eigenvalue weighted by atomic mass is 127. The summed E-state index contributed by atoms with van der Waals surface area (Å²) in [6.45, 7) is 0.411. The van der Waals surface area contributed by atoms with Crippen molar-refractivity contribution in [2.24, 2.45) is 0 Å². The van der Waals surface area contributed by atoms with Gasteiger partial charge in [0.25, 0.3) is 0 Å². The van der Waals surface area contributed by atoms with Crippen molar-refractivity contribution in [3.8, 4) is 5.75 Å². The number of thioether (sulfide) groups is 1. The predicted molar refractivity (Wildman–Crippen MR) is 90.4 cm³/mol. The lowest BCUT2D eigenvalue weighted by Gasteiger charge is -2.25. The van der Waals surface area contributed by atoms with Crippen LogP contribution in [0, 0.1) is 3.57 Å². The van der Waals surface area contributed by atoms with Gasteiger partial charge in [-0.25, -0.2) is 9.97 Å². The normalized spacial score (nSPS) is 17.1. The molecule has 7 heteroatoms. The number of ether oxygens (including phenoxy) is 2. The number of nitrogens with zero attached hydrogens (tertiary/aromatic N) is 2. The summed E-state index contributed by atoms with van der Waals surface area (Å²) in [5, 5.41) is 0. The number of rotatable bonds is 3. The van der Waals surface area contributed by atoms with Crippen molar-refractivity contribution in [1.29, 1.82) is 0 Å². The number of anilines is 1. The van der Waals surface area contributed by atoms with Gasteiger partial charge in [0.2, 0.25) is 0 Å². The van der Waals surface area contributed by atoms with Crippen molar-refractivity contribution in [3.05, 3.63) is 39.4 Å². The Kier molecular flexibility index (Phi) is 4.51. The van der Waals surface area contributed by atoms with E-state index < -0.39 is 0 Å². The molecule has 1 aliphatic heterocycles. The summed E-state index contributed by atoms with van der Waals surface area (Å²) < 4.78 is 12.0. The monoisotopic (exact) mass is 415 g/mol. The Morgan fingerprint density at radius 2 is 2.24 bits per heavy atom. The van der Waals surface area contributed by atoms with E-state index in [0.717, 1.165) is 25.7 Å². The van der Waals surface area contributed by atoms with Gasteiger partial charge < -0.3 is 15.2 Å². The maximum Gasteiger partial charge on any atom is 0.172 e. The van der Waals surface area contributed by atoms with E-state index in [1.54, 1.807) is 18.9 Å². The fourth-order valence-electron chi connectivity index (χ4n) is 2.06. The Hall–Kier alpha value is -1.06. The third-order valence-corrected chi connectivity index (χ3v) is 5.33. The first-order valence-corrected chi connectivity index (χ1v) is 8.44. The lowest BCUT2D eigenvalue weighted by molar-refractivity contribution is 0.177. The smallest absolute Gasteiger partial charge is 0.172 e. The zero-order chi connectivity index (χ0) is 14.8. The average molecular weight is 415 g/mol. The van der Waals surface area contributed by atoms with E-state index in [-0.39, 0.29) is 6.10 Å². The molecule has 0 radical (unpaired) electrons. The Morgan fingerprint density at radius 1 is 1.43 bits per heavy atom. The molecule has 0 bridgehead atoms. The largest absolute Gasteiger partial charge is 0.480 e. The van der Waals surface area contributed by atoms with Crippen LogP contribution in [0.25, 0.3) is 0 Å². The van der Waals surface area contributed by atoms with Crippen LogP contribution in [-0.2, 0) is 11.3 Å². The molecule has 0 fully saturated rings. The fourth-order valence-corrected chi connectivity index (χ4v) is 3.43. The molecular weight excluding hydrogens is 401 g/mol. The molecule has 0 amide bonds. The first kappa shape index (κ1) is 14.9. The second-order valence-electron chi connectivity index (χ2n) is 4.52. The second-order valence-corrected chi connectivity index (χ2v) is 6.67. The molecule has 2 N–H and O–H groups in total. The molecule has 0 aliphatic carbocycles. The lowest BCUT2D eigenvalue weighted by atomic mass is 10.3. The van der Waals surface area contributed by atoms with Crippen LogP contribution in [-0.4, -0.2) is 22.8 Å². The van der Waals surface area contributed by atoms with Gasteiger partial charge in [-0.15, -0.1) is 11.8 Å². The minimum Gasteiger partial charge on any atom is -0.480 e. The summed E-state index contributed by atoms with van der Waals surface area (Å²) in [5.74, 6) is 2.72. The molecule has 110 valence electrons. The van der Waals surface area contributed by atoms with Crippen LogP contribution in [0.2, 0.25) is 0 Å². The van der Waals surface area contributed by atoms with Crippen molar-refractivity contribution < 1.29 is 9.47 Å². The van der Waals surface area contributed by atoms with Gasteiger partial charge in [0.15, 0.2) is 11.9 Å². The maximum atomic E-state index is 6.00. The summed E-state index contributed by atoms with van der Waals surface area (Å²) in [6, 6.07) is 7.98. The molecule has 1 aliphatic rings. The first-order valence-electron chi connectivity index (χ1n) is 6.38. The Bertz CT molecular complexity index is 669. The van der Waals surface area contributed by atoms with E-state index in [9.17, 15) is 0 Å². The van der Waals surface area contributed by atoms with Gasteiger partial charge in [-0.2, -0.15) is 0 Å². The van der Waals surface area contributed by atoms with Crippen LogP contribution < -0.4 is 10.5 Å². The highest BCUT2D eigenvalue weighted by Gasteiger charge is 2.25. The quantitative estimate of drug-likeness (QED) is 0.778. The molecule has 2 aromatic rings. The molecule has 1 aromatic heterocycles. The molecule has 1 unspecified atom stereocenters. The van der Waals surface area contributed by atoms with Gasteiger partial charge in [0.05, 0.1) is 15.9 Å². The minimum atomic E-state index is -0.195. The summed E-state index contributed by atoms with van der Waals surface area (Å²) in [5.41, 5.74) is 6.78. The summed E-state index contributed by atoms with van der Waals surface area (Å²) in [4.78, 5) is 10.1. The molecule has 0 spiro atoms. The van der Waals surface area contributed by atoms with Crippen LogP contribution >= 0.6 is 34.4 Å². The van der Waals surface area contributed by atoms with Crippen molar-refractivity contribution >= 4 is 40.2 Å². The molecule has 21 heavy (non-hydrogen) atoms. The number of methoxy groups -OCH3 is 1. The van der Waals surface area contributed by atoms with E-state index in [1.165, 1.54) is 0 Å².